The molecule has 1 aromatic heterocycles. The molecule has 3 rings (SSSR count). The van der Waals surface area contributed by atoms with Crippen molar-refractivity contribution in [2.75, 3.05) is 18.8 Å². The van der Waals surface area contributed by atoms with Crippen LogP contribution >= 0.6 is 0 Å². The van der Waals surface area contributed by atoms with Gasteiger partial charge in [-0.1, -0.05) is 0 Å². The fraction of sp³-hybridized carbons (Fsp3) is 0.727. The van der Waals surface area contributed by atoms with E-state index in [0.717, 1.165) is 12.8 Å². The number of nitrogen functional groups attached to an aromatic ring is 1. The lowest BCUT2D eigenvalue weighted by atomic mass is 10.00. The lowest BCUT2D eigenvalue weighted by molar-refractivity contribution is 0.129. The van der Waals surface area contributed by atoms with Gasteiger partial charge in [0, 0.05) is 32.3 Å². The third-order valence-electron chi connectivity index (χ3n) is 4.23. The van der Waals surface area contributed by atoms with Gasteiger partial charge in [-0.2, -0.15) is 9.40 Å². The van der Waals surface area contributed by atoms with Gasteiger partial charge in [-0.3, -0.25) is 4.68 Å². The summed E-state index contributed by atoms with van der Waals surface area (Å²) in [6.45, 7) is 0.848. The molecule has 0 radical (unpaired) electrons. The Hall–Kier alpha value is -1.12. The van der Waals surface area contributed by atoms with Crippen LogP contribution in [0.1, 0.15) is 12.8 Å². The summed E-state index contributed by atoms with van der Waals surface area (Å²) in [4.78, 5) is 0.0597. The Bertz CT molecular complexity index is 597. The molecule has 19 heavy (non-hydrogen) atoms. The van der Waals surface area contributed by atoms with Crippen LogP contribution in [0.4, 0.5) is 5.82 Å². The van der Waals surface area contributed by atoms with Crippen molar-refractivity contribution < 1.29 is 13.5 Å². The van der Waals surface area contributed by atoms with Crippen molar-refractivity contribution in [1.82, 2.24) is 14.1 Å². The average molecular weight is 286 g/mol. The number of anilines is 1. The van der Waals surface area contributed by atoms with E-state index in [1.807, 2.05) is 0 Å². The van der Waals surface area contributed by atoms with Crippen molar-refractivity contribution in [3.8, 4) is 0 Å². The van der Waals surface area contributed by atoms with Gasteiger partial charge in [-0.25, -0.2) is 8.42 Å². The Balaban J connectivity index is 1.89. The SMILES string of the molecule is Cn1cc(S(=O)(=O)N2CC3CCC(O)C3C2)c(N)n1. The van der Waals surface area contributed by atoms with E-state index in [2.05, 4.69) is 5.10 Å². The molecule has 2 heterocycles. The molecule has 3 atom stereocenters. The van der Waals surface area contributed by atoms with E-state index in [0.29, 0.717) is 13.1 Å². The standard InChI is InChI=1S/C11H18N4O3S/c1-14-6-10(11(12)13-14)19(17,18)15-4-7-2-3-9(16)8(7)5-15/h6-9,16H,2-5H2,1H3,(H2,12,13). The highest BCUT2D eigenvalue weighted by atomic mass is 32.2. The second kappa shape index (κ2) is 4.19. The zero-order valence-corrected chi connectivity index (χ0v) is 11.5. The maximum Gasteiger partial charge on any atom is 0.248 e. The summed E-state index contributed by atoms with van der Waals surface area (Å²) in [5, 5.41) is 13.7. The summed E-state index contributed by atoms with van der Waals surface area (Å²) in [6.07, 6.45) is 2.71. The van der Waals surface area contributed by atoms with Gasteiger partial charge in [0.2, 0.25) is 10.0 Å². The van der Waals surface area contributed by atoms with Crippen molar-refractivity contribution >= 4 is 15.8 Å². The monoisotopic (exact) mass is 286 g/mol. The Kier molecular flexibility index (Phi) is 2.84. The van der Waals surface area contributed by atoms with E-state index in [1.165, 1.54) is 15.2 Å². The predicted molar refractivity (Wildman–Crippen MR) is 68.6 cm³/mol. The average Bonchev–Trinajstić information content (AvgIpc) is 2.96. The van der Waals surface area contributed by atoms with E-state index in [-0.39, 0.29) is 28.7 Å². The van der Waals surface area contributed by atoms with Gasteiger partial charge in [0.1, 0.15) is 4.90 Å². The second-order valence-electron chi connectivity index (χ2n) is 5.44. The van der Waals surface area contributed by atoms with Gasteiger partial charge in [0.05, 0.1) is 6.10 Å². The number of nitrogens with two attached hydrogens (primary N) is 1. The molecule has 0 aromatic carbocycles. The van der Waals surface area contributed by atoms with Gasteiger partial charge < -0.3 is 10.8 Å². The van der Waals surface area contributed by atoms with Crippen molar-refractivity contribution in [3.63, 3.8) is 0 Å². The number of sulfonamides is 1. The number of aliphatic hydroxyl groups excluding tert-OH is 1. The molecule has 3 N–H and O–H groups in total. The van der Waals surface area contributed by atoms with Crippen LogP contribution in [-0.4, -0.2) is 46.8 Å². The summed E-state index contributed by atoms with van der Waals surface area (Å²) in [7, 11) is -1.96. The number of aromatic nitrogens is 2. The van der Waals surface area contributed by atoms with E-state index < -0.39 is 10.0 Å². The smallest absolute Gasteiger partial charge is 0.248 e. The molecule has 0 spiro atoms. The molecule has 2 aliphatic rings. The van der Waals surface area contributed by atoms with Crippen LogP contribution in [0, 0.1) is 11.8 Å². The first-order chi connectivity index (χ1) is 8.89. The van der Waals surface area contributed by atoms with Gasteiger partial charge in [0.15, 0.2) is 5.82 Å². The van der Waals surface area contributed by atoms with Crippen LogP contribution in [0.25, 0.3) is 0 Å². The third-order valence-corrected chi connectivity index (χ3v) is 6.07. The van der Waals surface area contributed by atoms with Gasteiger partial charge >= 0.3 is 0 Å². The minimum absolute atomic E-state index is 0.0279. The Morgan fingerprint density at radius 1 is 1.42 bits per heavy atom. The second-order valence-corrected chi connectivity index (χ2v) is 7.35. The Labute approximate surface area is 112 Å². The number of hydrogen-bond acceptors (Lipinski definition) is 5. The van der Waals surface area contributed by atoms with Gasteiger partial charge in [-0.15, -0.1) is 0 Å². The van der Waals surface area contributed by atoms with Crippen molar-refractivity contribution in [1.29, 1.82) is 0 Å². The zero-order valence-electron chi connectivity index (χ0n) is 10.7. The van der Waals surface area contributed by atoms with Crippen molar-refractivity contribution in [2.24, 2.45) is 18.9 Å². The number of aryl methyl sites for hydroxylation is 1. The molecule has 2 fully saturated rings. The molecule has 106 valence electrons. The molecule has 1 saturated heterocycles. The summed E-state index contributed by atoms with van der Waals surface area (Å²) in [5.41, 5.74) is 5.65. The number of nitrogens with zero attached hydrogens (tertiary/aromatic N) is 3. The fourth-order valence-electron chi connectivity index (χ4n) is 3.21. The normalized spacial score (nSPS) is 31.8. The van der Waals surface area contributed by atoms with E-state index in [9.17, 15) is 13.5 Å². The van der Waals surface area contributed by atoms with Crippen LogP contribution in [0.2, 0.25) is 0 Å². The maximum absolute atomic E-state index is 12.5. The molecular formula is C11H18N4O3S. The molecule has 1 aliphatic heterocycles. The molecule has 3 unspecified atom stereocenters. The highest BCUT2D eigenvalue weighted by Gasteiger charge is 2.46. The molecule has 0 bridgehead atoms. The first-order valence-electron chi connectivity index (χ1n) is 6.37. The minimum Gasteiger partial charge on any atom is -0.393 e. The summed E-state index contributed by atoms with van der Waals surface area (Å²) in [5.74, 6) is 0.357. The largest absolute Gasteiger partial charge is 0.393 e. The number of aliphatic hydroxyl groups is 1. The first-order valence-corrected chi connectivity index (χ1v) is 7.81. The molecule has 1 aliphatic carbocycles. The predicted octanol–water partition coefficient (Wildman–Crippen LogP) is -0.606. The lowest BCUT2D eigenvalue weighted by Crippen LogP contribution is -2.31. The lowest BCUT2D eigenvalue weighted by Gasteiger charge is -2.17. The first kappa shape index (κ1) is 12.9. The topological polar surface area (TPSA) is 101 Å². The molecule has 1 saturated carbocycles. The number of fused-ring (bicyclic) bond motifs is 1. The van der Waals surface area contributed by atoms with E-state index in [1.54, 1.807) is 7.05 Å². The Morgan fingerprint density at radius 3 is 2.74 bits per heavy atom. The molecule has 1 aromatic rings. The molecular weight excluding hydrogens is 268 g/mol. The zero-order chi connectivity index (χ0) is 13.8. The number of rotatable bonds is 2. The summed E-state index contributed by atoms with van der Waals surface area (Å²) in [6, 6.07) is 0. The van der Waals surface area contributed by atoms with E-state index in [4.69, 9.17) is 5.73 Å². The quantitative estimate of drug-likeness (QED) is 0.755. The van der Waals surface area contributed by atoms with Crippen molar-refractivity contribution in [3.05, 3.63) is 6.20 Å². The van der Waals surface area contributed by atoms with Gasteiger partial charge in [0.25, 0.3) is 0 Å². The van der Waals surface area contributed by atoms with Gasteiger partial charge in [-0.05, 0) is 18.8 Å². The molecule has 7 nitrogen and oxygen atoms in total. The van der Waals surface area contributed by atoms with E-state index >= 15 is 0 Å². The van der Waals surface area contributed by atoms with Crippen LogP contribution in [0.5, 0.6) is 0 Å². The van der Waals surface area contributed by atoms with Crippen LogP contribution in [0.3, 0.4) is 0 Å². The Morgan fingerprint density at radius 2 is 2.16 bits per heavy atom. The molecule has 8 heteroatoms. The number of hydrogen-bond donors (Lipinski definition) is 2. The van der Waals surface area contributed by atoms with Crippen LogP contribution < -0.4 is 5.73 Å². The summed E-state index contributed by atoms with van der Waals surface area (Å²) < 4.78 is 27.9. The minimum atomic E-state index is -3.60. The highest BCUT2D eigenvalue weighted by Crippen LogP contribution is 2.40. The third kappa shape index (κ3) is 1.94. The fourth-order valence-corrected chi connectivity index (χ4v) is 4.84. The van der Waals surface area contributed by atoms with Crippen LogP contribution in [0.15, 0.2) is 11.1 Å². The maximum atomic E-state index is 12.5. The summed E-state index contributed by atoms with van der Waals surface area (Å²) >= 11 is 0. The van der Waals surface area contributed by atoms with Crippen LogP contribution in [-0.2, 0) is 17.1 Å². The molecule has 0 amide bonds. The van der Waals surface area contributed by atoms with Crippen molar-refractivity contribution in [2.45, 2.75) is 23.8 Å². The highest BCUT2D eigenvalue weighted by molar-refractivity contribution is 7.89.